The quantitative estimate of drug-likeness (QED) is 0.731. The van der Waals surface area contributed by atoms with Crippen LogP contribution >= 0.6 is 0 Å². The fourth-order valence-electron chi connectivity index (χ4n) is 1.12. The molecule has 0 spiro atoms. The van der Waals surface area contributed by atoms with Crippen LogP contribution in [0.15, 0.2) is 24.3 Å². The zero-order chi connectivity index (χ0) is 8.97. The minimum atomic E-state index is -0.127. The molecule has 0 fully saturated rings. The molecule has 0 heterocycles. The predicted octanol–water partition coefficient (Wildman–Crippen LogP) is 1.96. The summed E-state index contributed by atoms with van der Waals surface area (Å²) in [5.74, 6) is 0.222. The average Bonchev–Trinajstić information content (AvgIpc) is 2.09. The predicted molar refractivity (Wildman–Crippen MR) is 48.3 cm³/mol. The van der Waals surface area contributed by atoms with Gasteiger partial charge in [-0.15, -0.1) is 0 Å². The van der Waals surface area contributed by atoms with Gasteiger partial charge in [-0.1, -0.05) is 25.1 Å². The smallest absolute Gasteiger partial charge is 0.126 e. The van der Waals surface area contributed by atoms with E-state index in [0.29, 0.717) is 12.5 Å². The molecule has 0 aliphatic heterocycles. The molecule has 1 aromatic carbocycles. The molecule has 0 amide bonds. The fraction of sp³-hybridized carbons (Fsp3) is 0.400. The fourth-order valence-corrected chi connectivity index (χ4v) is 1.12. The molecule has 1 nitrogen and oxygen atoms in total. The molecule has 2 heteroatoms. The van der Waals surface area contributed by atoms with Crippen molar-refractivity contribution >= 4 is 0 Å². The van der Waals surface area contributed by atoms with Crippen molar-refractivity contribution in [2.24, 2.45) is 11.7 Å². The Morgan fingerprint density at radius 3 is 2.67 bits per heavy atom. The van der Waals surface area contributed by atoms with E-state index in [-0.39, 0.29) is 5.82 Å². The highest BCUT2D eigenvalue weighted by atomic mass is 19.1. The highest BCUT2D eigenvalue weighted by Crippen LogP contribution is 2.11. The van der Waals surface area contributed by atoms with Crippen molar-refractivity contribution in [3.8, 4) is 0 Å². The zero-order valence-corrected chi connectivity index (χ0v) is 7.26. The topological polar surface area (TPSA) is 26.0 Å². The maximum Gasteiger partial charge on any atom is 0.126 e. The zero-order valence-electron chi connectivity index (χ0n) is 7.26. The summed E-state index contributed by atoms with van der Waals surface area (Å²) in [5, 5.41) is 0. The maximum atomic E-state index is 13.0. The van der Waals surface area contributed by atoms with Crippen LogP contribution in [-0.2, 0) is 6.42 Å². The first-order valence-corrected chi connectivity index (χ1v) is 4.17. The second-order valence-corrected chi connectivity index (χ2v) is 3.14. The van der Waals surface area contributed by atoms with E-state index in [9.17, 15) is 4.39 Å². The third kappa shape index (κ3) is 2.31. The summed E-state index contributed by atoms with van der Waals surface area (Å²) in [4.78, 5) is 0. The van der Waals surface area contributed by atoms with E-state index in [1.165, 1.54) is 6.07 Å². The Bertz CT molecular complexity index is 247. The molecular formula is C10H14FN. The normalized spacial score (nSPS) is 12.9. The average molecular weight is 167 g/mol. The Morgan fingerprint density at radius 1 is 1.42 bits per heavy atom. The summed E-state index contributed by atoms with van der Waals surface area (Å²) >= 11 is 0. The van der Waals surface area contributed by atoms with Crippen molar-refractivity contribution in [3.05, 3.63) is 35.6 Å². The van der Waals surface area contributed by atoms with Crippen molar-refractivity contribution in [1.82, 2.24) is 0 Å². The Labute approximate surface area is 72.4 Å². The van der Waals surface area contributed by atoms with Crippen LogP contribution in [0.1, 0.15) is 12.5 Å². The van der Waals surface area contributed by atoms with Gasteiger partial charge in [-0.2, -0.15) is 0 Å². The molecule has 0 bridgehead atoms. The summed E-state index contributed by atoms with van der Waals surface area (Å²) in [5.41, 5.74) is 6.21. The van der Waals surface area contributed by atoms with E-state index in [0.717, 1.165) is 12.0 Å². The van der Waals surface area contributed by atoms with Gasteiger partial charge >= 0.3 is 0 Å². The van der Waals surface area contributed by atoms with Gasteiger partial charge < -0.3 is 5.73 Å². The Kier molecular flexibility index (Phi) is 3.23. The van der Waals surface area contributed by atoms with Crippen molar-refractivity contribution in [3.63, 3.8) is 0 Å². The summed E-state index contributed by atoms with van der Waals surface area (Å²) < 4.78 is 13.0. The molecule has 0 aliphatic carbocycles. The molecule has 0 saturated heterocycles. The van der Waals surface area contributed by atoms with Crippen molar-refractivity contribution in [2.75, 3.05) is 6.54 Å². The first-order valence-electron chi connectivity index (χ1n) is 4.17. The molecular weight excluding hydrogens is 153 g/mol. The first kappa shape index (κ1) is 9.20. The lowest BCUT2D eigenvalue weighted by molar-refractivity contribution is 0.552. The summed E-state index contributed by atoms with van der Waals surface area (Å²) in [7, 11) is 0. The molecule has 12 heavy (non-hydrogen) atoms. The van der Waals surface area contributed by atoms with Gasteiger partial charge in [0, 0.05) is 0 Å². The molecule has 0 aliphatic rings. The lowest BCUT2D eigenvalue weighted by atomic mass is 10.0. The second-order valence-electron chi connectivity index (χ2n) is 3.14. The third-order valence-electron chi connectivity index (χ3n) is 1.93. The highest BCUT2D eigenvalue weighted by molar-refractivity contribution is 5.17. The molecule has 2 N–H and O–H groups in total. The molecule has 66 valence electrons. The van der Waals surface area contributed by atoms with Gasteiger partial charge in [0.15, 0.2) is 0 Å². The van der Waals surface area contributed by atoms with E-state index < -0.39 is 0 Å². The van der Waals surface area contributed by atoms with E-state index in [1.54, 1.807) is 6.07 Å². The van der Waals surface area contributed by atoms with E-state index in [4.69, 9.17) is 5.73 Å². The van der Waals surface area contributed by atoms with Crippen molar-refractivity contribution in [1.29, 1.82) is 0 Å². The lowest BCUT2D eigenvalue weighted by Crippen LogP contribution is -2.13. The van der Waals surface area contributed by atoms with E-state index in [2.05, 4.69) is 0 Å². The summed E-state index contributed by atoms with van der Waals surface area (Å²) in [6.07, 6.45) is 0.725. The van der Waals surface area contributed by atoms with Gasteiger partial charge in [-0.25, -0.2) is 4.39 Å². The highest BCUT2D eigenvalue weighted by Gasteiger charge is 2.04. The molecule has 0 aromatic heterocycles. The van der Waals surface area contributed by atoms with Crippen LogP contribution in [0, 0.1) is 11.7 Å². The van der Waals surface area contributed by atoms with E-state index >= 15 is 0 Å². The molecule has 1 rings (SSSR count). The number of hydrogen-bond acceptors (Lipinski definition) is 1. The molecule has 1 atom stereocenters. The molecule has 0 unspecified atom stereocenters. The van der Waals surface area contributed by atoms with Gasteiger partial charge in [0.1, 0.15) is 5.82 Å². The standard InChI is InChI=1S/C10H14FN/c1-8(7-12)6-9-4-2-3-5-10(9)11/h2-5,8H,6-7,12H2,1H3/t8-/m1/s1. The van der Waals surface area contributed by atoms with Crippen LogP contribution in [-0.4, -0.2) is 6.54 Å². The minimum Gasteiger partial charge on any atom is -0.330 e. The molecule has 0 radical (unpaired) electrons. The number of hydrogen-bond donors (Lipinski definition) is 1. The summed E-state index contributed by atoms with van der Waals surface area (Å²) in [6.45, 7) is 2.63. The van der Waals surface area contributed by atoms with Gasteiger partial charge in [-0.3, -0.25) is 0 Å². The molecule has 1 aromatic rings. The Hall–Kier alpha value is -0.890. The number of benzene rings is 1. The SMILES string of the molecule is C[C@@H](CN)Cc1ccccc1F. The van der Waals surface area contributed by atoms with Crippen LogP contribution in [0.3, 0.4) is 0 Å². The van der Waals surface area contributed by atoms with Gasteiger partial charge in [0.05, 0.1) is 0 Å². The number of rotatable bonds is 3. The van der Waals surface area contributed by atoms with Gasteiger partial charge in [0.2, 0.25) is 0 Å². The van der Waals surface area contributed by atoms with Crippen LogP contribution < -0.4 is 5.73 Å². The summed E-state index contributed by atoms with van der Waals surface area (Å²) in [6, 6.07) is 6.84. The van der Waals surface area contributed by atoms with Crippen LogP contribution in [0.25, 0.3) is 0 Å². The van der Waals surface area contributed by atoms with Crippen molar-refractivity contribution < 1.29 is 4.39 Å². The second kappa shape index (κ2) is 4.21. The minimum absolute atomic E-state index is 0.127. The lowest BCUT2D eigenvalue weighted by Gasteiger charge is -2.08. The molecule has 0 saturated carbocycles. The van der Waals surface area contributed by atoms with Gasteiger partial charge in [-0.05, 0) is 30.5 Å². The van der Waals surface area contributed by atoms with Crippen LogP contribution in [0.4, 0.5) is 4.39 Å². The van der Waals surface area contributed by atoms with Gasteiger partial charge in [0.25, 0.3) is 0 Å². The third-order valence-corrected chi connectivity index (χ3v) is 1.93. The van der Waals surface area contributed by atoms with Crippen molar-refractivity contribution in [2.45, 2.75) is 13.3 Å². The Morgan fingerprint density at radius 2 is 2.08 bits per heavy atom. The maximum absolute atomic E-state index is 13.0. The van der Waals surface area contributed by atoms with E-state index in [1.807, 2.05) is 19.1 Å². The number of nitrogens with two attached hydrogens (primary N) is 1. The first-order chi connectivity index (χ1) is 5.74. The van der Waals surface area contributed by atoms with Crippen LogP contribution in [0.5, 0.6) is 0 Å². The van der Waals surface area contributed by atoms with Crippen LogP contribution in [0.2, 0.25) is 0 Å². The Balaban J connectivity index is 2.69. The largest absolute Gasteiger partial charge is 0.330 e. The monoisotopic (exact) mass is 167 g/mol. The number of halogens is 1.